The van der Waals surface area contributed by atoms with Crippen LogP contribution in [0.5, 0.6) is 0 Å². The maximum atomic E-state index is 10.5. The summed E-state index contributed by atoms with van der Waals surface area (Å²) in [6.07, 6.45) is 1.60. The Hall–Kier alpha value is -1.18. The highest BCUT2D eigenvalue weighted by Crippen LogP contribution is 2.14. The molecule has 2 aromatic rings. The number of hydrogen-bond acceptors (Lipinski definition) is 5. The largest absolute Gasteiger partial charge is 0.306 e. The van der Waals surface area contributed by atoms with Gasteiger partial charge in [-0.15, -0.1) is 0 Å². The molecule has 2 heterocycles. The van der Waals surface area contributed by atoms with Crippen LogP contribution in [0, 0.1) is 0 Å². The third-order valence-electron chi connectivity index (χ3n) is 1.72. The van der Waals surface area contributed by atoms with E-state index in [0.29, 0.717) is 11.5 Å². The van der Waals surface area contributed by atoms with E-state index < -0.39 is 11.1 Å². The minimum Gasteiger partial charge on any atom is -0.306 e. The molecule has 1 N–H and O–H groups in total. The monoisotopic (exact) mass is 241 g/mol. The number of nitrogens with zero attached hydrogens (tertiary/aromatic N) is 3. The molecule has 15 heavy (non-hydrogen) atoms. The van der Waals surface area contributed by atoms with Crippen molar-refractivity contribution < 1.29 is 8.76 Å². The predicted molar refractivity (Wildman–Crippen MR) is 57.6 cm³/mol. The summed E-state index contributed by atoms with van der Waals surface area (Å²) < 4.78 is 23.3. The van der Waals surface area contributed by atoms with Gasteiger partial charge in [-0.05, 0) is 23.7 Å². The Morgan fingerprint density at radius 2 is 2.27 bits per heavy atom. The van der Waals surface area contributed by atoms with Gasteiger partial charge in [-0.2, -0.15) is 4.37 Å². The topological polar surface area (TPSA) is 76.0 Å². The van der Waals surface area contributed by atoms with Crippen LogP contribution >= 0.6 is 11.5 Å². The van der Waals surface area contributed by atoms with Gasteiger partial charge < -0.3 is 4.55 Å². The zero-order chi connectivity index (χ0) is 10.7. The van der Waals surface area contributed by atoms with Crippen LogP contribution in [0.3, 0.4) is 0 Å². The predicted octanol–water partition coefficient (Wildman–Crippen LogP) is 1.32. The Balaban J connectivity index is 2.21. The van der Waals surface area contributed by atoms with E-state index in [2.05, 4.69) is 14.3 Å². The molecule has 0 aliphatic rings. The lowest BCUT2D eigenvalue weighted by Crippen LogP contribution is -1.96. The van der Waals surface area contributed by atoms with E-state index in [1.165, 1.54) is 11.5 Å². The molecule has 0 amide bonds. The molecule has 7 heteroatoms. The molecule has 0 spiro atoms. The minimum absolute atomic E-state index is 0.0464. The van der Waals surface area contributed by atoms with E-state index in [1.807, 2.05) is 0 Å². The zero-order valence-corrected chi connectivity index (χ0v) is 9.16. The van der Waals surface area contributed by atoms with Gasteiger partial charge in [0.15, 0.2) is 16.9 Å². The maximum Gasteiger partial charge on any atom is 0.174 e. The van der Waals surface area contributed by atoms with Crippen LogP contribution in [0.15, 0.2) is 23.8 Å². The average Bonchev–Trinajstić information content (AvgIpc) is 2.71. The second kappa shape index (κ2) is 4.56. The highest BCUT2D eigenvalue weighted by molar-refractivity contribution is 7.78. The summed E-state index contributed by atoms with van der Waals surface area (Å²) in [5, 5.41) is 0. The molecule has 1 atom stereocenters. The minimum atomic E-state index is -1.85. The number of hydrogen-bond donors (Lipinski definition) is 1. The average molecular weight is 241 g/mol. The highest BCUT2D eigenvalue weighted by atomic mass is 32.2. The molecule has 0 saturated carbocycles. The molecule has 0 aliphatic heterocycles. The fraction of sp³-hybridized carbons (Fsp3) is 0.125. The van der Waals surface area contributed by atoms with Crippen LogP contribution in [0.1, 0.15) is 5.69 Å². The van der Waals surface area contributed by atoms with Crippen LogP contribution in [0.2, 0.25) is 0 Å². The Morgan fingerprint density at radius 1 is 1.40 bits per heavy atom. The van der Waals surface area contributed by atoms with Gasteiger partial charge in [0.25, 0.3) is 0 Å². The quantitative estimate of drug-likeness (QED) is 0.820. The molecular formula is C8H7N3O2S2. The standard InChI is InChI=1S/C8H7N3O2S2/c12-15(13)4-7-2-1-6(3-9-7)8-10-5-14-11-8/h1-3,5H,4H2,(H,12,13). The second-order valence-electron chi connectivity index (χ2n) is 2.76. The summed E-state index contributed by atoms with van der Waals surface area (Å²) in [5.74, 6) is 0.675. The van der Waals surface area contributed by atoms with E-state index in [-0.39, 0.29) is 5.75 Å². The fourth-order valence-corrected chi connectivity index (χ4v) is 1.94. The van der Waals surface area contributed by atoms with E-state index in [1.54, 1.807) is 23.8 Å². The van der Waals surface area contributed by atoms with Gasteiger partial charge in [0.2, 0.25) is 0 Å². The van der Waals surface area contributed by atoms with Gasteiger partial charge in [-0.3, -0.25) is 4.98 Å². The fourth-order valence-electron chi connectivity index (χ4n) is 1.07. The molecule has 5 nitrogen and oxygen atoms in total. The van der Waals surface area contributed by atoms with Crippen molar-refractivity contribution >= 4 is 22.6 Å². The molecule has 2 aromatic heterocycles. The summed E-state index contributed by atoms with van der Waals surface area (Å²) in [7, 11) is 0. The Morgan fingerprint density at radius 3 is 2.80 bits per heavy atom. The Labute approximate surface area is 92.7 Å². The van der Waals surface area contributed by atoms with E-state index in [0.717, 1.165) is 5.56 Å². The Bertz CT molecular complexity index is 455. The molecule has 78 valence electrons. The first-order chi connectivity index (χ1) is 7.25. The van der Waals surface area contributed by atoms with E-state index >= 15 is 0 Å². The smallest absolute Gasteiger partial charge is 0.174 e. The summed E-state index contributed by atoms with van der Waals surface area (Å²) in [4.78, 5) is 8.08. The van der Waals surface area contributed by atoms with Crippen molar-refractivity contribution in [1.82, 2.24) is 14.3 Å². The van der Waals surface area contributed by atoms with Crippen LogP contribution in [-0.4, -0.2) is 23.1 Å². The van der Waals surface area contributed by atoms with Crippen molar-refractivity contribution in [1.29, 1.82) is 0 Å². The summed E-state index contributed by atoms with van der Waals surface area (Å²) in [6.45, 7) is 0. The molecule has 2 rings (SSSR count). The van der Waals surface area contributed by atoms with Crippen molar-refractivity contribution in [2.24, 2.45) is 0 Å². The van der Waals surface area contributed by atoms with E-state index in [9.17, 15) is 4.21 Å². The molecule has 0 aliphatic carbocycles. The molecule has 0 fully saturated rings. The van der Waals surface area contributed by atoms with Gasteiger partial charge in [-0.25, -0.2) is 9.19 Å². The SMILES string of the molecule is O=S(O)Cc1ccc(-c2ncsn2)cn1. The van der Waals surface area contributed by atoms with Crippen LogP contribution in [-0.2, 0) is 16.8 Å². The lowest BCUT2D eigenvalue weighted by Gasteiger charge is -1.97. The van der Waals surface area contributed by atoms with E-state index in [4.69, 9.17) is 4.55 Å². The van der Waals surface area contributed by atoms with Crippen molar-refractivity contribution in [3.05, 3.63) is 29.5 Å². The van der Waals surface area contributed by atoms with Crippen molar-refractivity contribution in [2.45, 2.75) is 5.75 Å². The first-order valence-corrected chi connectivity index (χ1v) is 6.16. The van der Waals surface area contributed by atoms with Crippen molar-refractivity contribution in [3.8, 4) is 11.4 Å². The summed E-state index contributed by atoms with van der Waals surface area (Å²) in [6, 6.07) is 3.49. The summed E-state index contributed by atoms with van der Waals surface area (Å²) >= 11 is -0.580. The molecular weight excluding hydrogens is 234 g/mol. The van der Waals surface area contributed by atoms with Gasteiger partial charge in [0, 0.05) is 11.8 Å². The van der Waals surface area contributed by atoms with Gasteiger partial charge >= 0.3 is 0 Å². The maximum absolute atomic E-state index is 10.5. The molecule has 0 aromatic carbocycles. The normalized spacial score (nSPS) is 12.6. The van der Waals surface area contributed by atoms with Gasteiger partial charge in [0.1, 0.15) is 5.51 Å². The van der Waals surface area contributed by atoms with Crippen LogP contribution < -0.4 is 0 Å². The third-order valence-corrected chi connectivity index (χ3v) is 2.74. The first-order valence-electron chi connectivity index (χ1n) is 4.05. The highest BCUT2D eigenvalue weighted by Gasteiger charge is 2.03. The molecule has 0 radical (unpaired) electrons. The first kappa shape index (κ1) is 10.3. The van der Waals surface area contributed by atoms with Crippen molar-refractivity contribution in [3.63, 3.8) is 0 Å². The number of aromatic nitrogens is 3. The van der Waals surface area contributed by atoms with Gasteiger partial charge in [0.05, 0.1) is 11.4 Å². The lowest BCUT2D eigenvalue weighted by molar-refractivity contribution is 0.563. The van der Waals surface area contributed by atoms with Crippen LogP contribution in [0.4, 0.5) is 0 Å². The Kier molecular flexibility index (Phi) is 3.14. The number of rotatable bonds is 3. The molecule has 1 unspecified atom stereocenters. The lowest BCUT2D eigenvalue weighted by atomic mass is 10.2. The second-order valence-corrected chi connectivity index (χ2v) is 4.29. The molecule has 0 saturated heterocycles. The summed E-state index contributed by atoms with van der Waals surface area (Å²) in [5.41, 5.74) is 3.03. The zero-order valence-electron chi connectivity index (χ0n) is 7.53. The van der Waals surface area contributed by atoms with Gasteiger partial charge in [-0.1, -0.05) is 0 Å². The molecule has 0 bridgehead atoms. The number of pyridine rings is 1. The third kappa shape index (κ3) is 2.65. The van der Waals surface area contributed by atoms with Crippen molar-refractivity contribution in [2.75, 3.05) is 0 Å². The van der Waals surface area contributed by atoms with Crippen LogP contribution in [0.25, 0.3) is 11.4 Å².